The molecule has 0 bridgehead atoms. The van der Waals surface area contributed by atoms with E-state index in [-0.39, 0.29) is 23.9 Å². The lowest BCUT2D eigenvalue weighted by atomic mass is 9.95. The molecule has 1 amide bonds. The number of hydrogen-bond donors (Lipinski definition) is 2. The van der Waals surface area contributed by atoms with Crippen LogP contribution >= 0.6 is 0 Å². The average molecular weight is 262 g/mol. The van der Waals surface area contributed by atoms with Gasteiger partial charge in [0.25, 0.3) is 0 Å². The molecule has 0 saturated heterocycles. The second-order valence-corrected chi connectivity index (χ2v) is 5.75. The molecule has 0 aliphatic rings. The maximum absolute atomic E-state index is 12.2. The van der Waals surface area contributed by atoms with Crippen LogP contribution in [0.1, 0.15) is 45.7 Å². The van der Waals surface area contributed by atoms with Crippen LogP contribution in [0, 0.1) is 11.8 Å². The van der Waals surface area contributed by atoms with Gasteiger partial charge in [-0.2, -0.15) is 0 Å². The lowest BCUT2D eigenvalue weighted by molar-refractivity contribution is -0.125. The predicted molar refractivity (Wildman–Crippen MR) is 79.6 cm³/mol. The summed E-state index contributed by atoms with van der Waals surface area (Å²) < 4.78 is 0. The second-order valence-electron chi connectivity index (χ2n) is 5.75. The number of carbonyl (C=O) groups is 1. The molecule has 1 aromatic rings. The Hall–Kier alpha value is -1.35. The van der Waals surface area contributed by atoms with Gasteiger partial charge in [0.15, 0.2) is 0 Å². The van der Waals surface area contributed by atoms with E-state index in [1.165, 1.54) is 0 Å². The molecule has 1 rings (SSSR count). The fourth-order valence-corrected chi connectivity index (χ4v) is 1.98. The average Bonchev–Trinajstić information content (AvgIpc) is 2.37. The fraction of sp³-hybridized carbons (Fsp3) is 0.562. The van der Waals surface area contributed by atoms with Crippen molar-refractivity contribution < 1.29 is 4.79 Å². The van der Waals surface area contributed by atoms with Crippen LogP contribution in [0.2, 0.25) is 0 Å². The summed E-state index contributed by atoms with van der Waals surface area (Å²) in [5.41, 5.74) is 6.95. The molecule has 0 aliphatic carbocycles. The number of benzene rings is 1. The molecular formula is C16H26N2O. The Morgan fingerprint density at radius 3 is 2.21 bits per heavy atom. The molecular weight excluding hydrogens is 236 g/mol. The van der Waals surface area contributed by atoms with Crippen LogP contribution in [0.5, 0.6) is 0 Å². The van der Waals surface area contributed by atoms with Crippen LogP contribution < -0.4 is 11.1 Å². The summed E-state index contributed by atoms with van der Waals surface area (Å²) in [6.07, 6.45) is 0.932. The second kappa shape index (κ2) is 7.29. The van der Waals surface area contributed by atoms with Crippen LogP contribution in [0.15, 0.2) is 30.3 Å². The van der Waals surface area contributed by atoms with E-state index in [2.05, 4.69) is 31.3 Å². The van der Waals surface area contributed by atoms with E-state index in [0.29, 0.717) is 5.92 Å². The fourth-order valence-electron chi connectivity index (χ4n) is 1.98. The first-order valence-corrected chi connectivity index (χ1v) is 7.02. The maximum atomic E-state index is 12.2. The Morgan fingerprint density at radius 2 is 1.74 bits per heavy atom. The first-order chi connectivity index (χ1) is 8.91. The summed E-state index contributed by atoms with van der Waals surface area (Å²) in [6, 6.07) is 10.1. The number of hydrogen-bond acceptors (Lipinski definition) is 2. The number of nitrogens with two attached hydrogens (primary N) is 1. The van der Waals surface area contributed by atoms with E-state index >= 15 is 0 Å². The van der Waals surface area contributed by atoms with Gasteiger partial charge in [-0.25, -0.2) is 0 Å². The van der Waals surface area contributed by atoms with Gasteiger partial charge in [0.05, 0.1) is 6.04 Å². The third-order valence-corrected chi connectivity index (χ3v) is 3.43. The van der Waals surface area contributed by atoms with Crippen molar-refractivity contribution in [3.05, 3.63) is 35.9 Å². The molecule has 3 nitrogen and oxygen atoms in total. The Balaban J connectivity index is 2.79. The van der Waals surface area contributed by atoms with Crippen molar-refractivity contribution in [2.24, 2.45) is 17.6 Å². The van der Waals surface area contributed by atoms with Crippen LogP contribution in [0.4, 0.5) is 0 Å². The molecule has 0 aliphatic heterocycles. The first kappa shape index (κ1) is 15.7. The van der Waals surface area contributed by atoms with E-state index in [9.17, 15) is 4.79 Å². The van der Waals surface area contributed by atoms with E-state index in [1.54, 1.807) is 0 Å². The number of carbonyl (C=O) groups excluding carboxylic acids is 1. The smallest absolute Gasteiger partial charge is 0.224 e. The minimum absolute atomic E-state index is 0.0319. The third kappa shape index (κ3) is 5.03. The topological polar surface area (TPSA) is 55.1 Å². The summed E-state index contributed by atoms with van der Waals surface area (Å²) >= 11 is 0. The van der Waals surface area contributed by atoms with E-state index in [0.717, 1.165) is 12.0 Å². The van der Waals surface area contributed by atoms with E-state index in [1.807, 2.05) is 32.0 Å². The van der Waals surface area contributed by atoms with Gasteiger partial charge in [-0.1, -0.05) is 51.1 Å². The van der Waals surface area contributed by atoms with Crippen LogP contribution in [0.3, 0.4) is 0 Å². The zero-order valence-electron chi connectivity index (χ0n) is 12.4. The lowest BCUT2D eigenvalue weighted by Crippen LogP contribution is -2.40. The van der Waals surface area contributed by atoms with Crippen LogP contribution in [-0.2, 0) is 4.79 Å². The zero-order valence-corrected chi connectivity index (χ0v) is 12.4. The highest BCUT2D eigenvalue weighted by Crippen LogP contribution is 2.21. The molecule has 19 heavy (non-hydrogen) atoms. The number of amides is 1. The van der Waals surface area contributed by atoms with Crippen LogP contribution in [-0.4, -0.2) is 11.9 Å². The Labute approximate surface area is 116 Å². The highest BCUT2D eigenvalue weighted by molar-refractivity contribution is 5.79. The highest BCUT2D eigenvalue weighted by Gasteiger charge is 2.21. The third-order valence-electron chi connectivity index (χ3n) is 3.43. The van der Waals surface area contributed by atoms with Crippen molar-refractivity contribution in [2.45, 2.75) is 46.2 Å². The van der Waals surface area contributed by atoms with Gasteiger partial charge >= 0.3 is 0 Å². The van der Waals surface area contributed by atoms with E-state index < -0.39 is 0 Å². The van der Waals surface area contributed by atoms with Gasteiger partial charge in [0.2, 0.25) is 5.91 Å². The molecule has 3 N–H and O–H groups in total. The van der Waals surface area contributed by atoms with Gasteiger partial charge in [-0.15, -0.1) is 0 Å². The summed E-state index contributed by atoms with van der Waals surface area (Å²) in [7, 11) is 0. The molecule has 3 heteroatoms. The summed E-state index contributed by atoms with van der Waals surface area (Å²) in [4.78, 5) is 12.2. The Bertz CT molecular complexity index is 387. The number of nitrogens with one attached hydrogen (secondary N) is 1. The standard InChI is InChI=1S/C16H26N2O/c1-11(2)10-15(14-8-6-5-7-9-14)18-16(19)12(3)13(4)17/h5-9,11-13,15H,10,17H2,1-4H3,(H,18,19). The molecule has 0 saturated carbocycles. The molecule has 3 unspecified atom stereocenters. The Kier molecular flexibility index (Phi) is 6.03. The molecule has 0 spiro atoms. The predicted octanol–water partition coefficient (Wildman–Crippen LogP) is 2.87. The minimum atomic E-state index is -0.168. The molecule has 0 fully saturated rings. The van der Waals surface area contributed by atoms with Gasteiger partial charge < -0.3 is 11.1 Å². The highest BCUT2D eigenvalue weighted by atomic mass is 16.1. The van der Waals surface area contributed by atoms with Gasteiger partial charge in [0, 0.05) is 12.0 Å². The molecule has 3 atom stereocenters. The summed E-state index contributed by atoms with van der Waals surface area (Å²) in [6.45, 7) is 8.07. The monoisotopic (exact) mass is 262 g/mol. The van der Waals surface area contributed by atoms with E-state index in [4.69, 9.17) is 5.73 Å². The summed E-state index contributed by atoms with van der Waals surface area (Å²) in [5.74, 6) is 0.388. The van der Waals surface area contributed by atoms with Crippen molar-refractivity contribution in [3.8, 4) is 0 Å². The maximum Gasteiger partial charge on any atom is 0.224 e. The quantitative estimate of drug-likeness (QED) is 0.828. The lowest BCUT2D eigenvalue weighted by Gasteiger charge is -2.24. The van der Waals surface area contributed by atoms with Crippen molar-refractivity contribution >= 4 is 5.91 Å². The van der Waals surface area contributed by atoms with Gasteiger partial charge in [-0.05, 0) is 24.8 Å². The summed E-state index contributed by atoms with van der Waals surface area (Å²) in [5, 5.41) is 3.13. The van der Waals surface area contributed by atoms with Gasteiger partial charge in [-0.3, -0.25) is 4.79 Å². The molecule has 106 valence electrons. The molecule has 0 radical (unpaired) electrons. The minimum Gasteiger partial charge on any atom is -0.349 e. The Morgan fingerprint density at radius 1 is 1.16 bits per heavy atom. The van der Waals surface area contributed by atoms with Crippen molar-refractivity contribution in [1.82, 2.24) is 5.32 Å². The molecule has 0 heterocycles. The normalized spacial score (nSPS) is 15.9. The van der Waals surface area contributed by atoms with Crippen molar-refractivity contribution in [1.29, 1.82) is 0 Å². The molecule has 0 aromatic heterocycles. The zero-order chi connectivity index (χ0) is 14.4. The van der Waals surface area contributed by atoms with Crippen molar-refractivity contribution in [2.75, 3.05) is 0 Å². The van der Waals surface area contributed by atoms with Crippen molar-refractivity contribution in [3.63, 3.8) is 0 Å². The largest absolute Gasteiger partial charge is 0.349 e. The molecule has 1 aromatic carbocycles. The van der Waals surface area contributed by atoms with Crippen LogP contribution in [0.25, 0.3) is 0 Å². The van der Waals surface area contributed by atoms with Gasteiger partial charge in [0.1, 0.15) is 0 Å². The number of rotatable bonds is 6. The SMILES string of the molecule is CC(C)CC(NC(=O)C(C)C(C)N)c1ccccc1. The first-order valence-electron chi connectivity index (χ1n) is 7.02.